The fourth-order valence-corrected chi connectivity index (χ4v) is 2.16. The summed E-state index contributed by atoms with van der Waals surface area (Å²) in [4.78, 5) is 25.6. The molecule has 2 N–H and O–H groups in total. The molecule has 0 aromatic heterocycles. The molecule has 120 valence electrons. The molecule has 0 fully saturated rings. The van der Waals surface area contributed by atoms with E-state index in [-0.39, 0.29) is 11.9 Å². The lowest BCUT2D eigenvalue weighted by molar-refractivity contribution is 0.0827. The second-order valence-electron chi connectivity index (χ2n) is 5.61. The molecule has 0 aliphatic rings. The molecule has 5 nitrogen and oxygen atoms in total. The van der Waals surface area contributed by atoms with Crippen molar-refractivity contribution in [2.24, 2.45) is 0 Å². The Morgan fingerprint density at radius 1 is 0.957 bits per heavy atom. The van der Waals surface area contributed by atoms with Crippen LogP contribution in [0.15, 0.2) is 42.5 Å². The number of anilines is 2. The molecule has 0 radical (unpaired) electrons. The molecular formula is C18H21N3O2. The van der Waals surface area contributed by atoms with Gasteiger partial charge in [-0.15, -0.1) is 0 Å². The SMILES string of the molecule is Cc1cccc(NC(=O)Nc2cccc(C(=O)N(C)C)c2)c1C. The summed E-state index contributed by atoms with van der Waals surface area (Å²) in [6.45, 7) is 3.95. The van der Waals surface area contributed by atoms with Crippen LogP contribution in [0.1, 0.15) is 21.5 Å². The minimum absolute atomic E-state index is 0.108. The van der Waals surface area contributed by atoms with Crippen molar-refractivity contribution in [1.82, 2.24) is 4.90 Å². The third-order valence-corrected chi connectivity index (χ3v) is 3.63. The summed E-state index contributed by atoms with van der Waals surface area (Å²) in [5.74, 6) is -0.108. The van der Waals surface area contributed by atoms with Crippen LogP contribution in [0.2, 0.25) is 0 Å². The summed E-state index contributed by atoms with van der Waals surface area (Å²) >= 11 is 0. The lowest BCUT2D eigenvalue weighted by Crippen LogP contribution is -2.23. The summed E-state index contributed by atoms with van der Waals surface area (Å²) in [6.07, 6.45) is 0. The fourth-order valence-electron chi connectivity index (χ4n) is 2.16. The van der Waals surface area contributed by atoms with Crippen molar-refractivity contribution < 1.29 is 9.59 Å². The fraction of sp³-hybridized carbons (Fsp3) is 0.222. The zero-order valence-corrected chi connectivity index (χ0v) is 13.8. The highest BCUT2D eigenvalue weighted by atomic mass is 16.2. The van der Waals surface area contributed by atoms with E-state index in [1.54, 1.807) is 38.4 Å². The van der Waals surface area contributed by atoms with Crippen LogP contribution in [-0.4, -0.2) is 30.9 Å². The van der Waals surface area contributed by atoms with E-state index in [9.17, 15) is 9.59 Å². The molecule has 0 unspecified atom stereocenters. The first-order valence-electron chi connectivity index (χ1n) is 7.34. The Morgan fingerprint density at radius 2 is 1.65 bits per heavy atom. The number of carbonyl (C=O) groups is 2. The smallest absolute Gasteiger partial charge is 0.323 e. The van der Waals surface area contributed by atoms with Gasteiger partial charge in [-0.05, 0) is 49.2 Å². The maximum atomic E-state index is 12.1. The van der Waals surface area contributed by atoms with E-state index in [1.165, 1.54) is 4.90 Å². The molecule has 0 heterocycles. The molecule has 2 aromatic carbocycles. The highest BCUT2D eigenvalue weighted by Gasteiger charge is 2.10. The quantitative estimate of drug-likeness (QED) is 0.909. The molecule has 0 saturated carbocycles. The van der Waals surface area contributed by atoms with Gasteiger partial charge >= 0.3 is 6.03 Å². The summed E-state index contributed by atoms with van der Waals surface area (Å²) in [7, 11) is 3.38. The van der Waals surface area contributed by atoms with Gasteiger partial charge in [-0.25, -0.2) is 4.79 Å². The van der Waals surface area contributed by atoms with Gasteiger partial charge in [0.2, 0.25) is 0 Å². The normalized spacial score (nSPS) is 10.1. The minimum Gasteiger partial charge on any atom is -0.345 e. The van der Waals surface area contributed by atoms with E-state index in [2.05, 4.69) is 10.6 Å². The van der Waals surface area contributed by atoms with Crippen molar-refractivity contribution in [2.45, 2.75) is 13.8 Å². The van der Waals surface area contributed by atoms with E-state index in [4.69, 9.17) is 0 Å². The van der Waals surface area contributed by atoms with Gasteiger partial charge in [0.15, 0.2) is 0 Å². The molecule has 0 atom stereocenters. The highest BCUT2D eigenvalue weighted by Crippen LogP contribution is 2.18. The van der Waals surface area contributed by atoms with Gasteiger partial charge < -0.3 is 15.5 Å². The van der Waals surface area contributed by atoms with Gasteiger partial charge in [0.05, 0.1) is 0 Å². The van der Waals surface area contributed by atoms with Crippen LogP contribution in [0, 0.1) is 13.8 Å². The maximum absolute atomic E-state index is 12.1. The van der Waals surface area contributed by atoms with Gasteiger partial charge in [-0.1, -0.05) is 18.2 Å². The zero-order chi connectivity index (χ0) is 17.0. The molecular weight excluding hydrogens is 290 g/mol. The Bertz CT molecular complexity index is 739. The van der Waals surface area contributed by atoms with Crippen molar-refractivity contribution in [3.05, 3.63) is 59.2 Å². The van der Waals surface area contributed by atoms with Crippen molar-refractivity contribution in [3.8, 4) is 0 Å². The molecule has 5 heteroatoms. The lowest BCUT2D eigenvalue weighted by Gasteiger charge is -2.13. The first-order chi connectivity index (χ1) is 10.9. The largest absolute Gasteiger partial charge is 0.345 e. The molecule has 23 heavy (non-hydrogen) atoms. The number of benzene rings is 2. The number of hydrogen-bond acceptors (Lipinski definition) is 2. The van der Waals surface area contributed by atoms with Crippen LogP contribution in [0.25, 0.3) is 0 Å². The Labute approximate surface area is 136 Å². The highest BCUT2D eigenvalue weighted by molar-refractivity contribution is 6.01. The molecule has 3 amide bonds. The number of urea groups is 1. The molecule has 0 saturated heterocycles. The van der Waals surface area contributed by atoms with Crippen molar-refractivity contribution in [3.63, 3.8) is 0 Å². The second kappa shape index (κ2) is 6.96. The van der Waals surface area contributed by atoms with Crippen LogP contribution < -0.4 is 10.6 Å². The van der Waals surface area contributed by atoms with Gasteiger partial charge in [-0.3, -0.25) is 4.79 Å². The average Bonchev–Trinajstić information content (AvgIpc) is 2.51. The number of aryl methyl sites for hydroxylation is 1. The Hall–Kier alpha value is -2.82. The third-order valence-electron chi connectivity index (χ3n) is 3.63. The topological polar surface area (TPSA) is 61.4 Å². The molecule has 0 aliphatic heterocycles. The molecule has 2 aromatic rings. The van der Waals surface area contributed by atoms with Gasteiger partial charge in [0.25, 0.3) is 5.91 Å². The van der Waals surface area contributed by atoms with Crippen LogP contribution in [0.3, 0.4) is 0 Å². The van der Waals surface area contributed by atoms with Crippen LogP contribution >= 0.6 is 0 Å². The Kier molecular flexibility index (Phi) is 5.01. The molecule has 0 spiro atoms. The van der Waals surface area contributed by atoms with E-state index in [1.807, 2.05) is 32.0 Å². The van der Waals surface area contributed by atoms with Gasteiger partial charge in [0.1, 0.15) is 0 Å². The number of hydrogen-bond donors (Lipinski definition) is 2. The summed E-state index contributed by atoms with van der Waals surface area (Å²) in [5, 5.41) is 5.58. The first-order valence-corrected chi connectivity index (χ1v) is 7.34. The number of amides is 3. The maximum Gasteiger partial charge on any atom is 0.323 e. The van der Waals surface area contributed by atoms with Crippen LogP contribution in [0.5, 0.6) is 0 Å². The predicted molar refractivity (Wildman–Crippen MR) is 93.0 cm³/mol. The van der Waals surface area contributed by atoms with Crippen molar-refractivity contribution >= 4 is 23.3 Å². The Morgan fingerprint density at radius 3 is 2.35 bits per heavy atom. The number of nitrogens with one attached hydrogen (secondary N) is 2. The lowest BCUT2D eigenvalue weighted by atomic mass is 10.1. The third kappa shape index (κ3) is 4.10. The summed E-state index contributed by atoms with van der Waals surface area (Å²) in [5.41, 5.74) is 4.00. The van der Waals surface area contributed by atoms with Crippen molar-refractivity contribution in [2.75, 3.05) is 24.7 Å². The van der Waals surface area contributed by atoms with Crippen LogP contribution in [-0.2, 0) is 0 Å². The molecule has 2 rings (SSSR count). The first kappa shape index (κ1) is 16.5. The summed E-state index contributed by atoms with van der Waals surface area (Å²) < 4.78 is 0. The van der Waals surface area contributed by atoms with Gasteiger partial charge in [-0.2, -0.15) is 0 Å². The van der Waals surface area contributed by atoms with E-state index >= 15 is 0 Å². The predicted octanol–water partition coefficient (Wildman–Crippen LogP) is 3.65. The van der Waals surface area contributed by atoms with Crippen molar-refractivity contribution in [1.29, 1.82) is 0 Å². The Balaban J connectivity index is 2.10. The molecule has 0 aliphatic carbocycles. The van der Waals surface area contributed by atoms with Crippen LogP contribution in [0.4, 0.5) is 16.2 Å². The minimum atomic E-state index is -0.340. The summed E-state index contributed by atoms with van der Waals surface area (Å²) in [6, 6.07) is 12.3. The monoisotopic (exact) mass is 311 g/mol. The van der Waals surface area contributed by atoms with E-state index < -0.39 is 0 Å². The number of carbonyl (C=O) groups excluding carboxylic acids is 2. The average molecular weight is 311 g/mol. The second-order valence-corrected chi connectivity index (χ2v) is 5.61. The molecule has 0 bridgehead atoms. The number of rotatable bonds is 3. The van der Waals surface area contributed by atoms with E-state index in [0.29, 0.717) is 11.3 Å². The standard InChI is InChI=1S/C18H21N3O2/c1-12-7-5-10-16(13(12)2)20-18(23)19-15-9-6-8-14(11-15)17(22)21(3)4/h5-11H,1-4H3,(H2,19,20,23). The van der Waals surface area contributed by atoms with Gasteiger partial charge in [0, 0.05) is 31.0 Å². The zero-order valence-electron chi connectivity index (χ0n) is 13.8. The van der Waals surface area contributed by atoms with E-state index in [0.717, 1.165) is 16.8 Å². The number of nitrogens with zero attached hydrogens (tertiary/aromatic N) is 1.